The molecule has 3 fully saturated rings. The standard InChI is InChI=1S/C46H54B2N2O12.CH4/c1-27-22-39(53)50(40(27)54)19-16-38(52)49-18-21-56-20-17-31(51)23-28-10-13-32-35(24-28)46(58-41(32)55)33-14-11-29(47-59-42(2,3)43(4,5)60-47)25-36(33)57-37-26-30(12-15-34(37)46)48-61-44(6,7)45(8,9)62-48;/h10-15,24-27H,16-23H2,1-9H3,(H,49,52);1H4. The van der Waals surface area contributed by atoms with E-state index in [9.17, 15) is 24.0 Å². The second-order valence-electron chi connectivity index (χ2n) is 18.9. The quantitative estimate of drug-likeness (QED) is 0.107. The lowest BCUT2D eigenvalue weighted by Crippen LogP contribution is -2.41. The number of fused-ring (bicyclic) bond motifs is 6. The van der Waals surface area contributed by atoms with Crippen LogP contribution in [0.1, 0.15) is 122 Å². The zero-order chi connectivity index (χ0) is 44.6. The predicted molar refractivity (Wildman–Crippen MR) is 235 cm³/mol. The summed E-state index contributed by atoms with van der Waals surface area (Å²) in [5.74, 6) is -0.830. The molecular weight excluding hydrogens is 806 g/mol. The van der Waals surface area contributed by atoms with Crippen molar-refractivity contribution in [2.75, 3.05) is 26.3 Å². The number of nitrogens with zero attached hydrogens (tertiary/aromatic N) is 1. The number of esters is 1. The van der Waals surface area contributed by atoms with Crippen LogP contribution in [0.2, 0.25) is 0 Å². The van der Waals surface area contributed by atoms with Gasteiger partial charge in [-0.25, -0.2) is 4.79 Å². The van der Waals surface area contributed by atoms with Gasteiger partial charge in [-0.05, 0) is 96.1 Å². The SMILES string of the molecule is C.CC1CC(=O)N(CCC(=O)NCCOCCC(=O)Cc2ccc3c(c2)C2(OC3=O)c3ccc(B4OC(C)(C)C(C)(C)O4)cc3Oc3cc(B4OC(C)(C)C(C)(C)O4)ccc32)C1=O. The molecule has 16 heteroatoms. The Balaban J connectivity index is 0.00000595. The van der Waals surface area contributed by atoms with Crippen molar-refractivity contribution in [1.82, 2.24) is 10.2 Å². The maximum absolute atomic E-state index is 13.9. The fraction of sp³-hybridized carbons (Fsp3) is 0.511. The lowest BCUT2D eigenvalue weighted by Gasteiger charge is -2.37. The van der Waals surface area contributed by atoms with E-state index in [0.717, 1.165) is 15.8 Å². The molecule has 1 N–H and O–H groups in total. The number of ketones is 1. The van der Waals surface area contributed by atoms with Crippen LogP contribution in [0.5, 0.6) is 11.5 Å². The van der Waals surface area contributed by atoms with E-state index in [1.807, 2.05) is 97.9 Å². The van der Waals surface area contributed by atoms with Crippen molar-refractivity contribution in [3.63, 3.8) is 0 Å². The number of rotatable bonds is 13. The minimum Gasteiger partial charge on any atom is -0.456 e. The van der Waals surface area contributed by atoms with Crippen molar-refractivity contribution in [3.8, 4) is 11.5 Å². The van der Waals surface area contributed by atoms with Crippen LogP contribution in [0.15, 0.2) is 54.6 Å². The number of carbonyl (C=O) groups is 5. The van der Waals surface area contributed by atoms with Gasteiger partial charge >= 0.3 is 20.2 Å². The largest absolute Gasteiger partial charge is 0.494 e. The number of Topliss-reactive ketones (excluding diaryl/α,β-unsaturated/α-hetero) is 1. The van der Waals surface area contributed by atoms with E-state index in [1.54, 1.807) is 19.1 Å². The molecule has 0 saturated carbocycles. The highest BCUT2D eigenvalue weighted by molar-refractivity contribution is 6.62. The van der Waals surface area contributed by atoms with Gasteiger partial charge in [0.2, 0.25) is 17.7 Å². The molecule has 5 heterocycles. The minimum absolute atomic E-state index is 0. The summed E-state index contributed by atoms with van der Waals surface area (Å²) in [4.78, 5) is 64.7. The van der Waals surface area contributed by atoms with Crippen LogP contribution in [-0.2, 0) is 59.3 Å². The Morgan fingerprint density at radius 3 is 1.83 bits per heavy atom. The average molecular weight is 865 g/mol. The van der Waals surface area contributed by atoms with Gasteiger partial charge < -0.3 is 38.1 Å². The van der Waals surface area contributed by atoms with Crippen molar-refractivity contribution in [1.29, 1.82) is 0 Å². The number of imide groups is 1. The molecule has 3 aromatic rings. The number of carbonyl (C=O) groups excluding carboxylic acids is 5. The van der Waals surface area contributed by atoms with E-state index in [-0.39, 0.29) is 88.8 Å². The molecule has 5 aliphatic rings. The number of hydrogen-bond donors (Lipinski definition) is 1. The number of likely N-dealkylation sites (tertiary alicyclic amines) is 1. The van der Waals surface area contributed by atoms with Gasteiger partial charge in [0.25, 0.3) is 0 Å². The maximum atomic E-state index is 13.9. The third kappa shape index (κ3) is 8.25. The van der Waals surface area contributed by atoms with Gasteiger partial charge in [0.1, 0.15) is 17.3 Å². The normalized spacial score (nSPS) is 21.7. The molecule has 8 rings (SSSR count). The first-order valence-corrected chi connectivity index (χ1v) is 21.4. The van der Waals surface area contributed by atoms with E-state index >= 15 is 0 Å². The molecule has 1 spiro atoms. The highest BCUT2D eigenvalue weighted by atomic mass is 16.7. The van der Waals surface area contributed by atoms with Crippen LogP contribution in [0.25, 0.3) is 0 Å². The molecule has 3 aromatic carbocycles. The third-order valence-corrected chi connectivity index (χ3v) is 13.5. The van der Waals surface area contributed by atoms with E-state index < -0.39 is 48.2 Å². The van der Waals surface area contributed by atoms with Gasteiger partial charge in [-0.2, -0.15) is 0 Å². The second-order valence-corrected chi connectivity index (χ2v) is 18.9. The number of benzene rings is 3. The molecule has 14 nitrogen and oxygen atoms in total. The highest BCUT2D eigenvalue weighted by Gasteiger charge is 2.57. The molecule has 5 aliphatic heterocycles. The van der Waals surface area contributed by atoms with Gasteiger partial charge in [0.15, 0.2) is 5.60 Å². The molecule has 63 heavy (non-hydrogen) atoms. The van der Waals surface area contributed by atoms with Crippen LogP contribution in [0, 0.1) is 5.92 Å². The Bertz CT molecular complexity index is 2240. The summed E-state index contributed by atoms with van der Waals surface area (Å²) in [6.45, 7) is 18.2. The Morgan fingerprint density at radius 1 is 0.746 bits per heavy atom. The highest BCUT2D eigenvalue weighted by Crippen LogP contribution is 2.56. The Kier molecular flexibility index (Phi) is 12.2. The zero-order valence-corrected chi connectivity index (χ0v) is 36.9. The van der Waals surface area contributed by atoms with Crippen molar-refractivity contribution in [3.05, 3.63) is 82.4 Å². The zero-order valence-electron chi connectivity index (χ0n) is 36.9. The number of amides is 3. The smallest absolute Gasteiger partial charge is 0.456 e. The summed E-state index contributed by atoms with van der Waals surface area (Å²) in [7, 11) is -1.34. The van der Waals surface area contributed by atoms with Gasteiger partial charge in [0.05, 0.1) is 41.2 Å². The number of nitrogens with one attached hydrogen (secondary N) is 1. The average Bonchev–Trinajstić information content (AvgIpc) is 3.79. The first-order valence-electron chi connectivity index (χ1n) is 21.4. The molecule has 0 aliphatic carbocycles. The van der Waals surface area contributed by atoms with Crippen LogP contribution in [0.3, 0.4) is 0 Å². The monoisotopic (exact) mass is 864 g/mol. The van der Waals surface area contributed by atoms with Gasteiger partial charge in [-0.1, -0.05) is 44.7 Å². The predicted octanol–water partition coefficient (Wildman–Crippen LogP) is 4.91. The fourth-order valence-electron chi connectivity index (χ4n) is 8.42. The lowest BCUT2D eigenvalue weighted by atomic mass is 9.72. The van der Waals surface area contributed by atoms with Gasteiger partial charge in [0, 0.05) is 61.4 Å². The van der Waals surface area contributed by atoms with E-state index in [1.165, 1.54) is 0 Å². The Morgan fingerprint density at radius 2 is 1.30 bits per heavy atom. The maximum Gasteiger partial charge on any atom is 0.494 e. The molecule has 0 bridgehead atoms. The lowest BCUT2D eigenvalue weighted by molar-refractivity contribution is -0.139. The third-order valence-electron chi connectivity index (χ3n) is 13.5. The molecule has 3 amide bonds. The molecule has 3 saturated heterocycles. The first-order chi connectivity index (χ1) is 29.1. The first kappa shape index (κ1) is 46.1. The second kappa shape index (κ2) is 16.6. The Hall–Kier alpha value is -4.86. The van der Waals surface area contributed by atoms with Gasteiger partial charge in [-0.15, -0.1) is 0 Å². The van der Waals surface area contributed by atoms with Crippen molar-refractivity contribution >= 4 is 54.6 Å². The van der Waals surface area contributed by atoms with E-state index in [0.29, 0.717) is 39.3 Å². The van der Waals surface area contributed by atoms with Crippen molar-refractivity contribution < 1.29 is 56.8 Å². The van der Waals surface area contributed by atoms with E-state index in [2.05, 4.69) is 5.32 Å². The molecule has 334 valence electrons. The molecule has 1 unspecified atom stereocenters. The summed E-state index contributed by atoms with van der Waals surface area (Å²) in [5, 5.41) is 2.72. The fourth-order valence-corrected chi connectivity index (χ4v) is 8.42. The van der Waals surface area contributed by atoms with Crippen LogP contribution in [0.4, 0.5) is 0 Å². The summed E-state index contributed by atoms with van der Waals surface area (Å²) < 4.78 is 44.4. The molecule has 1 atom stereocenters. The van der Waals surface area contributed by atoms with Crippen molar-refractivity contribution in [2.45, 2.75) is 123 Å². The van der Waals surface area contributed by atoms with Crippen LogP contribution < -0.4 is 21.0 Å². The topological polar surface area (TPSA) is 165 Å². The van der Waals surface area contributed by atoms with Gasteiger partial charge in [-0.3, -0.25) is 24.1 Å². The molecular formula is C47H58B2N2O12. The van der Waals surface area contributed by atoms with E-state index in [4.69, 9.17) is 32.8 Å². The number of ether oxygens (including phenoxy) is 3. The summed E-state index contributed by atoms with van der Waals surface area (Å²) in [6, 6.07) is 16.6. The molecule has 0 radical (unpaired) electrons. The summed E-state index contributed by atoms with van der Waals surface area (Å²) in [6.07, 6.45) is 0.398. The van der Waals surface area contributed by atoms with Crippen LogP contribution >= 0.6 is 0 Å². The van der Waals surface area contributed by atoms with Crippen LogP contribution in [-0.4, -0.2) is 97.3 Å². The minimum atomic E-state index is -1.41. The number of hydrogen-bond acceptors (Lipinski definition) is 12. The molecule has 0 aromatic heterocycles. The summed E-state index contributed by atoms with van der Waals surface area (Å²) in [5.41, 5.74) is 0.650. The Labute approximate surface area is 370 Å². The summed E-state index contributed by atoms with van der Waals surface area (Å²) >= 11 is 0. The van der Waals surface area contributed by atoms with Crippen molar-refractivity contribution in [2.24, 2.45) is 5.92 Å².